The number of nitrogens with zero attached hydrogens (tertiary/aromatic N) is 2. The third-order valence-corrected chi connectivity index (χ3v) is 3.30. The molecule has 0 heterocycles. The summed E-state index contributed by atoms with van der Waals surface area (Å²) >= 11 is 0. The molecule has 2 nitrogen and oxygen atoms in total. The van der Waals surface area contributed by atoms with E-state index in [-0.39, 0.29) is 25.8 Å². The molecule has 0 radical (unpaired) electrons. The first-order valence-electron chi connectivity index (χ1n) is 7.93. The fourth-order valence-electron chi connectivity index (χ4n) is 2.07. The third-order valence-electron chi connectivity index (χ3n) is 3.30. The van der Waals surface area contributed by atoms with Crippen LogP contribution in [0, 0.1) is 38.1 Å². The van der Waals surface area contributed by atoms with Gasteiger partial charge in [0.2, 0.25) is 0 Å². The molecule has 0 fully saturated rings. The van der Waals surface area contributed by atoms with Crippen LogP contribution in [0.25, 0.3) is 0 Å². The Morgan fingerprint density at radius 1 is 0.692 bits per heavy atom. The van der Waals surface area contributed by atoms with Gasteiger partial charge in [0, 0.05) is 0 Å². The van der Waals surface area contributed by atoms with Crippen molar-refractivity contribution in [3.8, 4) is 0 Å². The van der Waals surface area contributed by atoms with Gasteiger partial charge in [0.05, 0.1) is 0 Å². The van der Waals surface area contributed by atoms with Crippen molar-refractivity contribution in [1.82, 2.24) is 0 Å². The molecule has 134 valence electrons. The minimum absolute atomic E-state index is 0. The topological polar surface area (TPSA) is 6.48 Å². The van der Waals surface area contributed by atoms with E-state index in [0.717, 1.165) is 11.1 Å². The summed E-state index contributed by atoms with van der Waals surface area (Å²) in [6, 6.07) is 28.2. The molecule has 0 saturated carbocycles. The molecule has 0 aliphatic rings. The van der Waals surface area contributed by atoms with Crippen LogP contribution in [0.5, 0.6) is 0 Å². The van der Waals surface area contributed by atoms with Crippen molar-refractivity contribution in [2.75, 3.05) is 38.0 Å². The molecule has 0 bridgehead atoms. The molecular weight excluding hydrogens is 349 g/mol. The van der Waals surface area contributed by atoms with Gasteiger partial charge in [-0.15, -0.1) is 12.1 Å². The summed E-state index contributed by atoms with van der Waals surface area (Å²) in [6.07, 6.45) is 0. The standard InChI is InChI=1S/2C9H12N.C5H.Sc/c2*1-8-6-4-5-7-9(8)10(2)3;1-2-4-5-3-1;/h2*4-7H,1H2,2-3H3;1H;/q2*-1;-5;+3. The maximum Gasteiger partial charge on any atom is 3.00 e. The summed E-state index contributed by atoms with van der Waals surface area (Å²) in [7, 11) is 8.07. The Morgan fingerprint density at radius 2 is 1.04 bits per heavy atom. The number of anilines is 2. The Bertz CT molecular complexity index is 637. The van der Waals surface area contributed by atoms with Crippen molar-refractivity contribution in [3.63, 3.8) is 0 Å². The Kier molecular flexibility index (Phi) is 12.2. The number of benzene rings is 2. The maximum absolute atomic E-state index is 3.90. The van der Waals surface area contributed by atoms with Crippen LogP contribution in [0.1, 0.15) is 11.1 Å². The molecule has 0 N–H and O–H groups in total. The van der Waals surface area contributed by atoms with Crippen molar-refractivity contribution < 1.29 is 25.8 Å². The average molecular weight is 374 g/mol. The van der Waals surface area contributed by atoms with E-state index in [9.17, 15) is 0 Å². The zero-order chi connectivity index (χ0) is 18.7. The van der Waals surface area contributed by atoms with Gasteiger partial charge in [-0.1, -0.05) is 35.6 Å². The predicted octanol–water partition coefficient (Wildman–Crippen LogP) is 4.47. The van der Waals surface area contributed by atoms with Crippen LogP contribution in [0.3, 0.4) is 0 Å². The normalized spacial score (nSPS) is 8.77. The fraction of sp³-hybridized carbons (Fsp3) is 0.174. The van der Waals surface area contributed by atoms with Crippen molar-refractivity contribution in [2.45, 2.75) is 0 Å². The van der Waals surface area contributed by atoms with Gasteiger partial charge in [-0.25, -0.2) is 0 Å². The fourth-order valence-corrected chi connectivity index (χ4v) is 2.07. The number of hydrogen-bond acceptors (Lipinski definition) is 2. The molecule has 3 aromatic carbocycles. The van der Waals surface area contributed by atoms with Gasteiger partial charge in [-0.05, 0) is 28.2 Å². The quantitative estimate of drug-likeness (QED) is 0.611. The molecule has 0 spiro atoms. The molecular formula is C23H25N2Sc-4. The largest absolute Gasteiger partial charge is 3.00 e. The first-order chi connectivity index (χ1) is 11.9. The molecule has 3 rings (SSSR count). The van der Waals surface area contributed by atoms with E-state index in [0.29, 0.717) is 0 Å². The average Bonchev–Trinajstić information content (AvgIpc) is 3.15. The van der Waals surface area contributed by atoms with E-state index in [1.807, 2.05) is 64.6 Å². The smallest absolute Gasteiger partial charge is 0.999 e. The van der Waals surface area contributed by atoms with Crippen LogP contribution in [0.4, 0.5) is 11.4 Å². The number of para-hydroxylation sites is 2. The third kappa shape index (κ3) is 8.91. The Labute approximate surface area is 178 Å². The monoisotopic (exact) mass is 374 g/mol. The Morgan fingerprint density at radius 3 is 1.23 bits per heavy atom. The second-order valence-electron chi connectivity index (χ2n) is 5.73. The van der Waals surface area contributed by atoms with Gasteiger partial charge in [-0.3, -0.25) is 0 Å². The van der Waals surface area contributed by atoms with Gasteiger partial charge in [-0.2, -0.15) is 37.1 Å². The second-order valence-corrected chi connectivity index (χ2v) is 5.73. The zero-order valence-corrected chi connectivity index (χ0v) is 17.9. The van der Waals surface area contributed by atoms with Crippen LogP contribution in [0.2, 0.25) is 0 Å². The van der Waals surface area contributed by atoms with Gasteiger partial charge in [0.15, 0.2) is 0 Å². The predicted molar refractivity (Wildman–Crippen MR) is 108 cm³/mol. The molecule has 0 atom stereocenters. The summed E-state index contributed by atoms with van der Waals surface area (Å²) in [6.45, 7) is 7.80. The molecule has 0 amide bonds. The van der Waals surface area contributed by atoms with Crippen LogP contribution in [0.15, 0.2) is 54.6 Å². The molecule has 3 heteroatoms. The van der Waals surface area contributed by atoms with Gasteiger partial charge in [0.25, 0.3) is 0 Å². The Hall–Kier alpha value is -2.00. The second kappa shape index (κ2) is 13.2. The molecule has 0 saturated heterocycles. The maximum atomic E-state index is 3.90. The van der Waals surface area contributed by atoms with Gasteiger partial charge >= 0.3 is 25.8 Å². The molecule has 0 aliphatic heterocycles. The van der Waals surface area contributed by atoms with E-state index in [4.69, 9.17) is 0 Å². The molecule has 0 aliphatic carbocycles. The summed E-state index contributed by atoms with van der Waals surface area (Å²) < 4.78 is 0. The van der Waals surface area contributed by atoms with Crippen LogP contribution >= 0.6 is 0 Å². The van der Waals surface area contributed by atoms with Crippen LogP contribution < -0.4 is 9.80 Å². The minimum atomic E-state index is 0. The van der Waals surface area contributed by atoms with Crippen molar-refractivity contribution in [3.05, 3.63) is 104 Å². The zero-order valence-electron chi connectivity index (χ0n) is 16.1. The molecule has 0 unspecified atom stereocenters. The van der Waals surface area contributed by atoms with E-state index in [1.165, 1.54) is 11.4 Å². The van der Waals surface area contributed by atoms with E-state index >= 15 is 0 Å². The Balaban J connectivity index is 0.000000372. The van der Waals surface area contributed by atoms with Gasteiger partial charge in [0.1, 0.15) is 0 Å². The number of rotatable bonds is 2. The first kappa shape index (κ1) is 24.0. The summed E-state index contributed by atoms with van der Waals surface area (Å²) in [5.41, 5.74) is 4.52. The van der Waals surface area contributed by atoms with Gasteiger partial charge < -0.3 is 40.1 Å². The van der Waals surface area contributed by atoms with E-state index in [2.05, 4.69) is 60.0 Å². The molecule has 0 aromatic heterocycles. The van der Waals surface area contributed by atoms with Crippen molar-refractivity contribution in [1.29, 1.82) is 0 Å². The number of hydrogen-bond donors (Lipinski definition) is 0. The summed E-state index contributed by atoms with van der Waals surface area (Å²) in [5, 5.41) is 0. The molecule has 26 heavy (non-hydrogen) atoms. The summed E-state index contributed by atoms with van der Waals surface area (Å²) in [4.78, 5) is 4.12. The van der Waals surface area contributed by atoms with Crippen LogP contribution in [-0.2, 0) is 25.8 Å². The molecule has 3 aromatic rings. The summed E-state index contributed by atoms with van der Waals surface area (Å²) in [5.74, 6) is 0. The first-order valence-corrected chi connectivity index (χ1v) is 7.93. The van der Waals surface area contributed by atoms with E-state index < -0.39 is 0 Å². The van der Waals surface area contributed by atoms with Crippen LogP contribution in [-0.4, -0.2) is 28.2 Å². The van der Waals surface area contributed by atoms with E-state index in [1.54, 1.807) is 6.07 Å². The van der Waals surface area contributed by atoms with Crippen molar-refractivity contribution >= 4 is 11.4 Å². The van der Waals surface area contributed by atoms with Crippen molar-refractivity contribution in [2.24, 2.45) is 0 Å². The minimum Gasteiger partial charge on any atom is -0.999 e. The SMILES string of the molecule is [CH2-]c1ccccc1N(C)C.[CH2-]c1ccccc1N(C)C.[Sc+3].[c-]1[c-][c-][cH-][c-]1.